The number of hydrogen-bond donors (Lipinski definition) is 2. The van der Waals surface area contributed by atoms with Crippen LogP contribution >= 0.6 is 0 Å². The standard InChI is InChI=1S/C16H23NO5/c1-12(2)22-14-7-4-3-6-13(14)17(11-9-16(20)21)10-5-8-15(18)19/h3-4,6-7,12H,5,8-11H2,1-2H3,(H,18,19)(H,20,21). The van der Waals surface area contributed by atoms with Gasteiger partial charge < -0.3 is 19.8 Å². The SMILES string of the molecule is CC(C)Oc1ccccc1N(CCCC(=O)O)CCC(=O)O. The van der Waals surface area contributed by atoms with E-state index in [9.17, 15) is 9.59 Å². The summed E-state index contributed by atoms with van der Waals surface area (Å²) in [6.07, 6.45) is 0.492. The number of carboxylic acids is 2. The molecule has 0 saturated carbocycles. The van der Waals surface area contributed by atoms with E-state index < -0.39 is 11.9 Å². The van der Waals surface area contributed by atoms with Crippen LogP contribution < -0.4 is 9.64 Å². The maximum absolute atomic E-state index is 10.8. The molecule has 0 radical (unpaired) electrons. The van der Waals surface area contributed by atoms with Crippen molar-refractivity contribution in [2.45, 2.75) is 39.2 Å². The smallest absolute Gasteiger partial charge is 0.305 e. The Morgan fingerprint density at radius 1 is 1.09 bits per heavy atom. The Morgan fingerprint density at radius 3 is 2.32 bits per heavy atom. The highest BCUT2D eigenvalue weighted by molar-refractivity contribution is 5.68. The van der Waals surface area contributed by atoms with Gasteiger partial charge in [-0.3, -0.25) is 9.59 Å². The number of carboxylic acid groups (broad SMARTS) is 2. The molecule has 122 valence electrons. The fraction of sp³-hybridized carbons (Fsp3) is 0.500. The van der Waals surface area contributed by atoms with Crippen LogP contribution in [0.5, 0.6) is 5.75 Å². The first-order valence-electron chi connectivity index (χ1n) is 7.34. The topological polar surface area (TPSA) is 87.1 Å². The highest BCUT2D eigenvalue weighted by atomic mass is 16.5. The van der Waals surface area contributed by atoms with Crippen molar-refractivity contribution in [2.75, 3.05) is 18.0 Å². The highest BCUT2D eigenvalue weighted by Gasteiger charge is 2.14. The summed E-state index contributed by atoms with van der Waals surface area (Å²) >= 11 is 0. The fourth-order valence-corrected chi connectivity index (χ4v) is 2.08. The molecule has 1 aromatic carbocycles. The molecule has 0 aromatic heterocycles. The van der Waals surface area contributed by atoms with Crippen molar-refractivity contribution < 1.29 is 24.5 Å². The highest BCUT2D eigenvalue weighted by Crippen LogP contribution is 2.29. The van der Waals surface area contributed by atoms with E-state index in [-0.39, 0.29) is 18.9 Å². The number of benzene rings is 1. The molecule has 6 nitrogen and oxygen atoms in total. The summed E-state index contributed by atoms with van der Waals surface area (Å²) in [4.78, 5) is 23.4. The minimum Gasteiger partial charge on any atom is -0.489 e. The summed E-state index contributed by atoms with van der Waals surface area (Å²) in [7, 11) is 0. The predicted molar refractivity (Wildman–Crippen MR) is 83.5 cm³/mol. The van der Waals surface area contributed by atoms with Gasteiger partial charge in [0.25, 0.3) is 0 Å². The fourth-order valence-electron chi connectivity index (χ4n) is 2.08. The van der Waals surface area contributed by atoms with Crippen molar-refractivity contribution in [3.63, 3.8) is 0 Å². The van der Waals surface area contributed by atoms with Crippen LogP contribution in [0.15, 0.2) is 24.3 Å². The van der Waals surface area contributed by atoms with Gasteiger partial charge in [0.2, 0.25) is 0 Å². The molecule has 0 amide bonds. The predicted octanol–water partition coefficient (Wildman–Crippen LogP) is 2.62. The van der Waals surface area contributed by atoms with Gasteiger partial charge in [0, 0.05) is 19.5 Å². The number of aliphatic carboxylic acids is 2. The summed E-state index contributed by atoms with van der Waals surface area (Å²) in [6.45, 7) is 4.62. The molecule has 1 aromatic rings. The minimum absolute atomic E-state index is 0.00138. The first kappa shape index (κ1) is 17.8. The maximum Gasteiger partial charge on any atom is 0.305 e. The molecule has 0 fully saturated rings. The zero-order valence-electron chi connectivity index (χ0n) is 13.0. The van der Waals surface area contributed by atoms with Crippen molar-refractivity contribution in [3.8, 4) is 5.75 Å². The molecule has 0 unspecified atom stereocenters. The van der Waals surface area contributed by atoms with Gasteiger partial charge in [-0.05, 0) is 32.4 Å². The quantitative estimate of drug-likeness (QED) is 0.691. The third-order valence-corrected chi connectivity index (χ3v) is 2.98. The molecule has 0 heterocycles. The normalized spacial score (nSPS) is 10.5. The van der Waals surface area contributed by atoms with Gasteiger partial charge in [-0.1, -0.05) is 12.1 Å². The molecule has 2 N–H and O–H groups in total. The molecule has 0 spiro atoms. The number of anilines is 1. The average molecular weight is 309 g/mol. The largest absolute Gasteiger partial charge is 0.489 e. The zero-order valence-corrected chi connectivity index (χ0v) is 13.0. The second-order valence-electron chi connectivity index (χ2n) is 5.26. The first-order chi connectivity index (χ1) is 10.4. The van der Waals surface area contributed by atoms with Crippen LogP contribution in [0, 0.1) is 0 Å². The van der Waals surface area contributed by atoms with Crippen molar-refractivity contribution >= 4 is 17.6 Å². The van der Waals surface area contributed by atoms with Crippen LogP contribution in [0.1, 0.15) is 33.1 Å². The lowest BCUT2D eigenvalue weighted by molar-refractivity contribution is -0.138. The van der Waals surface area contributed by atoms with E-state index in [0.29, 0.717) is 25.3 Å². The number of hydrogen-bond acceptors (Lipinski definition) is 4. The molecule has 0 aliphatic carbocycles. The molecule has 6 heteroatoms. The van der Waals surface area contributed by atoms with Crippen LogP contribution in [0.4, 0.5) is 5.69 Å². The van der Waals surface area contributed by atoms with Crippen LogP contribution in [0.3, 0.4) is 0 Å². The Morgan fingerprint density at radius 2 is 1.73 bits per heavy atom. The lowest BCUT2D eigenvalue weighted by Gasteiger charge is -2.27. The zero-order chi connectivity index (χ0) is 16.5. The van der Waals surface area contributed by atoms with E-state index in [1.165, 1.54) is 0 Å². The van der Waals surface area contributed by atoms with Gasteiger partial charge in [0.15, 0.2) is 0 Å². The number of rotatable bonds is 10. The third kappa shape index (κ3) is 6.47. The van der Waals surface area contributed by atoms with Gasteiger partial charge in [0.1, 0.15) is 5.75 Å². The van der Waals surface area contributed by atoms with Crippen LogP contribution in [0.2, 0.25) is 0 Å². The third-order valence-electron chi connectivity index (χ3n) is 2.98. The average Bonchev–Trinajstić information content (AvgIpc) is 2.42. The van der Waals surface area contributed by atoms with E-state index in [0.717, 1.165) is 5.69 Å². The summed E-state index contributed by atoms with van der Waals surface area (Å²) in [5.74, 6) is -1.06. The second-order valence-corrected chi connectivity index (χ2v) is 5.26. The van der Waals surface area contributed by atoms with Crippen LogP contribution in [-0.2, 0) is 9.59 Å². The summed E-state index contributed by atoms with van der Waals surface area (Å²) in [5.41, 5.74) is 0.794. The molecular formula is C16H23NO5. The van der Waals surface area contributed by atoms with Gasteiger partial charge in [0.05, 0.1) is 18.2 Å². The van der Waals surface area contributed by atoms with E-state index >= 15 is 0 Å². The molecule has 1 rings (SSSR count). The molecular weight excluding hydrogens is 286 g/mol. The van der Waals surface area contributed by atoms with E-state index in [4.69, 9.17) is 14.9 Å². The van der Waals surface area contributed by atoms with Crippen molar-refractivity contribution in [3.05, 3.63) is 24.3 Å². The molecule has 0 saturated heterocycles. The minimum atomic E-state index is -0.884. The Labute approximate surface area is 130 Å². The lowest BCUT2D eigenvalue weighted by Crippen LogP contribution is -2.28. The molecule has 0 bridgehead atoms. The van der Waals surface area contributed by atoms with Crippen molar-refractivity contribution in [1.82, 2.24) is 0 Å². The van der Waals surface area contributed by atoms with Crippen LogP contribution in [-0.4, -0.2) is 41.3 Å². The molecule has 0 atom stereocenters. The van der Waals surface area contributed by atoms with E-state index in [1.54, 1.807) is 0 Å². The monoisotopic (exact) mass is 309 g/mol. The first-order valence-corrected chi connectivity index (χ1v) is 7.34. The van der Waals surface area contributed by atoms with Gasteiger partial charge in [-0.25, -0.2) is 0 Å². The van der Waals surface area contributed by atoms with Gasteiger partial charge in [-0.15, -0.1) is 0 Å². The van der Waals surface area contributed by atoms with Gasteiger partial charge in [-0.2, -0.15) is 0 Å². The summed E-state index contributed by atoms with van der Waals surface area (Å²) in [6, 6.07) is 7.40. The summed E-state index contributed by atoms with van der Waals surface area (Å²) in [5, 5.41) is 17.6. The number of para-hydroxylation sites is 2. The number of ether oxygens (including phenoxy) is 1. The van der Waals surface area contributed by atoms with E-state index in [1.807, 2.05) is 43.0 Å². The van der Waals surface area contributed by atoms with Crippen LogP contribution in [0.25, 0.3) is 0 Å². The Bertz CT molecular complexity index is 501. The molecule has 22 heavy (non-hydrogen) atoms. The summed E-state index contributed by atoms with van der Waals surface area (Å²) < 4.78 is 5.76. The molecule has 0 aliphatic rings. The number of carbonyl (C=O) groups is 2. The Balaban J connectivity index is 2.88. The Kier molecular flexibility index (Phi) is 7.22. The lowest BCUT2D eigenvalue weighted by atomic mass is 10.2. The second kappa shape index (κ2) is 8.92. The number of nitrogens with zero attached hydrogens (tertiary/aromatic N) is 1. The van der Waals surface area contributed by atoms with E-state index in [2.05, 4.69) is 0 Å². The molecule has 0 aliphatic heterocycles. The Hall–Kier alpha value is -2.24. The van der Waals surface area contributed by atoms with Gasteiger partial charge >= 0.3 is 11.9 Å². The maximum atomic E-state index is 10.8. The van der Waals surface area contributed by atoms with Crippen molar-refractivity contribution in [1.29, 1.82) is 0 Å². The van der Waals surface area contributed by atoms with Crippen molar-refractivity contribution in [2.24, 2.45) is 0 Å².